The fourth-order valence-corrected chi connectivity index (χ4v) is 5.15. The maximum Gasteiger partial charge on any atom is 0.243 e. The first-order chi connectivity index (χ1) is 17.9. The standard InChI is InChI=1S/C29H31Cl2FN2O2S/c1-2-3-15-33-29(36)27(16-21-7-5-4-6-8-21)34(18-23-11-12-24(30)17-26(23)31)28(35)20-37-19-22-9-13-25(32)14-10-22/h4-14,17,27H,2-3,15-16,18-20H2,1H3,(H,33,36)/t27-/m1/s1. The highest BCUT2D eigenvalue weighted by Gasteiger charge is 2.30. The summed E-state index contributed by atoms with van der Waals surface area (Å²) in [4.78, 5) is 28.7. The van der Waals surface area contributed by atoms with Crippen LogP contribution in [0.25, 0.3) is 0 Å². The van der Waals surface area contributed by atoms with Gasteiger partial charge in [0.25, 0.3) is 0 Å². The molecule has 3 aromatic carbocycles. The highest BCUT2D eigenvalue weighted by Crippen LogP contribution is 2.25. The number of nitrogens with zero attached hydrogens (tertiary/aromatic N) is 1. The molecule has 0 saturated heterocycles. The Bertz CT molecular complexity index is 1160. The van der Waals surface area contributed by atoms with Crippen LogP contribution in [-0.2, 0) is 28.3 Å². The Hall–Kier alpha value is -2.54. The summed E-state index contributed by atoms with van der Waals surface area (Å²) >= 11 is 14.0. The topological polar surface area (TPSA) is 49.4 Å². The number of unbranched alkanes of at least 4 members (excludes halogenated alkanes) is 1. The molecule has 8 heteroatoms. The molecule has 1 atom stereocenters. The zero-order chi connectivity index (χ0) is 26.6. The van der Waals surface area contributed by atoms with Crippen LogP contribution in [0.2, 0.25) is 10.0 Å². The van der Waals surface area contributed by atoms with Gasteiger partial charge in [-0.2, -0.15) is 0 Å². The van der Waals surface area contributed by atoms with Crippen molar-refractivity contribution in [1.29, 1.82) is 0 Å². The van der Waals surface area contributed by atoms with E-state index in [1.54, 1.807) is 35.2 Å². The molecule has 0 heterocycles. The second-order valence-corrected chi connectivity index (χ2v) is 10.6. The molecule has 0 aliphatic rings. The van der Waals surface area contributed by atoms with E-state index in [1.165, 1.54) is 23.9 Å². The zero-order valence-electron chi connectivity index (χ0n) is 20.8. The van der Waals surface area contributed by atoms with Crippen LogP contribution in [-0.4, -0.2) is 35.1 Å². The monoisotopic (exact) mass is 560 g/mol. The van der Waals surface area contributed by atoms with E-state index in [9.17, 15) is 14.0 Å². The number of nitrogens with one attached hydrogen (secondary N) is 1. The van der Waals surface area contributed by atoms with E-state index in [1.807, 2.05) is 30.3 Å². The van der Waals surface area contributed by atoms with Crippen molar-refractivity contribution in [2.45, 2.75) is 44.5 Å². The summed E-state index contributed by atoms with van der Waals surface area (Å²) in [5, 5.41) is 3.95. The first kappa shape index (κ1) is 29.0. The number of amides is 2. The number of carbonyl (C=O) groups excluding carboxylic acids is 2. The van der Waals surface area contributed by atoms with Crippen LogP contribution in [0.3, 0.4) is 0 Å². The SMILES string of the molecule is CCCCNC(=O)[C@@H](Cc1ccccc1)N(Cc1ccc(Cl)cc1Cl)C(=O)CSCc1ccc(F)cc1. The molecule has 196 valence electrons. The molecule has 4 nitrogen and oxygen atoms in total. The van der Waals surface area contributed by atoms with Gasteiger partial charge in [0.15, 0.2) is 0 Å². The lowest BCUT2D eigenvalue weighted by Gasteiger charge is -2.32. The molecule has 0 bridgehead atoms. The van der Waals surface area contributed by atoms with E-state index in [-0.39, 0.29) is 29.9 Å². The average molecular weight is 562 g/mol. The van der Waals surface area contributed by atoms with Gasteiger partial charge < -0.3 is 10.2 Å². The lowest BCUT2D eigenvalue weighted by molar-refractivity contribution is -0.139. The number of halogens is 3. The minimum atomic E-state index is -0.718. The van der Waals surface area contributed by atoms with Crippen molar-refractivity contribution in [3.63, 3.8) is 0 Å². The number of thioether (sulfide) groups is 1. The summed E-state index contributed by atoms with van der Waals surface area (Å²) in [5.74, 6) is 0.0432. The molecule has 0 aliphatic carbocycles. The highest BCUT2D eigenvalue weighted by atomic mass is 35.5. The lowest BCUT2D eigenvalue weighted by atomic mass is 10.0. The Kier molecular flexibility index (Phi) is 11.8. The molecule has 3 aromatic rings. The Labute approximate surface area is 232 Å². The Morgan fingerprint density at radius 1 is 1.00 bits per heavy atom. The van der Waals surface area contributed by atoms with Crippen molar-refractivity contribution < 1.29 is 14.0 Å². The molecule has 0 radical (unpaired) electrons. The van der Waals surface area contributed by atoms with Crippen LogP contribution in [0.1, 0.15) is 36.5 Å². The molecule has 0 fully saturated rings. The summed E-state index contributed by atoms with van der Waals surface area (Å²) in [6, 6.07) is 20.3. The van der Waals surface area contributed by atoms with Gasteiger partial charge in [0.2, 0.25) is 11.8 Å². The largest absolute Gasteiger partial charge is 0.354 e. The van der Waals surface area contributed by atoms with Crippen molar-refractivity contribution in [1.82, 2.24) is 10.2 Å². The van der Waals surface area contributed by atoms with Crippen molar-refractivity contribution in [2.75, 3.05) is 12.3 Å². The van der Waals surface area contributed by atoms with Crippen LogP contribution < -0.4 is 5.32 Å². The van der Waals surface area contributed by atoms with Gasteiger partial charge in [0.05, 0.1) is 5.75 Å². The smallest absolute Gasteiger partial charge is 0.243 e. The van der Waals surface area contributed by atoms with E-state index in [0.717, 1.165) is 24.0 Å². The van der Waals surface area contributed by atoms with Gasteiger partial charge in [0.1, 0.15) is 11.9 Å². The predicted octanol–water partition coefficient (Wildman–Crippen LogP) is 6.92. The van der Waals surface area contributed by atoms with Crippen LogP contribution in [0.15, 0.2) is 72.8 Å². The fraction of sp³-hybridized carbons (Fsp3) is 0.310. The number of hydrogen-bond donors (Lipinski definition) is 1. The fourth-order valence-electron chi connectivity index (χ4n) is 3.81. The van der Waals surface area contributed by atoms with Gasteiger partial charge >= 0.3 is 0 Å². The Morgan fingerprint density at radius 2 is 1.73 bits per heavy atom. The minimum absolute atomic E-state index is 0.163. The van der Waals surface area contributed by atoms with Gasteiger partial charge in [-0.15, -0.1) is 11.8 Å². The van der Waals surface area contributed by atoms with Crippen LogP contribution in [0.5, 0.6) is 0 Å². The first-order valence-corrected chi connectivity index (χ1v) is 14.2. The molecule has 0 aliphatic heterocycles. The number of hydrogen-bond acceptors (Lipinski definition) is 3. The van der Waals surface area contributed by atoms with Crippen molar-refractivity contribution in [3.8, 4) is 0 Å². The molecule has 0 aromatic heterocycles. The van der Waals surface area contributed by atoms with E-state index >= 15 is 0 Å². The lowest BCUT2D eigenvalue weighted by Crippen LogP contribution is -2.51. The Morgan fingerprint density at radius 3 is 2.41 bits per heavy atom. The first-order valence-electron chi connectivity index (χ1n) is 12.2. The normalized spacial score (nSPS) is 11.7. The summed E-state index contributed by atoms with van der Waals surface area (Å²) in [7, 11) is 0. The number of carbonyl (C=O) groups is 2. The summed E-state index contributed by atoms with van der Waals surface area (Å²) in [5.41, 5.74) is 2.59. The van der Waals surface area contributed by atoms with Gasteiger partial charge in [-0.05, 0) is 47.4 Å². The van der Waals surface area contributed by atoms with Crippen LogP contribution >= 0.6 is 35.0 Å². The molecule has 1 N–H and O–H groups in total. The predicted molar refractivity (Wildman–Crippen MR) is 151 cm³/mol. The van der Waals surface area contributed by atoms with Crippen molar-refractivity contribution in [2.24, 2.45) is 0 Å². The van der Waals surface area contributed by atoms with Gasteiger partial charge in [-0.1, -0.05) is 85.1 Å². The molecule has 2 amide bonds. The quantitative estimate of drug-likeness (QED) is 0.231. The molecule has 0 spiro atoms. The summed E-state index contributed by atoms with van der Waals surface area (Å²) in [6.07, 6.45) is 2.18. The van der Waals surface area contributed by atoms with E-state index in [0.29, 0.717) is 34.3 Å². The van der Waals surface area contributed by atoms with Crippen LogP contribution in [0.4, 0.5) is 4.39 Å². The third-order valence-corrected chi connectivity index (χ3v) is 7.44. The molecule has 3 rings (SSSR count). The third kappa shape index (κ3) is 9.37. The zero-order valence-corrected chi connectivity index (χ0v) is 23.1. The highest BCUT2D eigenvalue weighted by molar-refractivity contribution is 7.99. The van der Waals surface area contributed by atoms with E-state index in [4.69, 9.17) is 23.2 Å². The third-order valence-electron chi connectivity index (χ3n) is 5.86. The van der Waals surface area contributed by atoms with Gasteiger partial charge in [-0.25, -0.2) is 4.39 Å². The maximum absolute atomic E-state index is 13.6. The van der Waals surface area contributed by atoms with Gasteiger partial charge in [-0.3, -0.25) is 9.59 Å². The Balaban J connectivity index is 1.85. The molecule has 37 heavy (non-hydrogen) atoms. The van der Waals surface area contributed by atoms with Crippen LogP contribution in [0, 0.1) is 5.82 Å². The van der Waals surface area contributed by atoms with Crippen molar-refractivity contribution >= 4 is 46.8 Å². The van der Waals surface area contributed by atoms with E-state index < -0.39 is 6.04 Å². The maximum atomic E-state index is 13.6. The number of benzene rings is 3. The molecule has 0 unspecified atom stereocenters. The summed E-state index contributed by atoms with van der Waals surface area (Å²) in [6.45, 7) is 2.78. The number of rotatable bonds is 13. The molecular weight excluding hydrogens is 530 g/mol. The molecule has 0 saturated carbocycles. The average Bonchev–Trinajstić information content (AvgIpc) is 2.89. The minimum Gasteiger partial charge on any atom is -0.354 e. The summed E-state index contributed by atoms with van der Waals surface area (Å²) < 4.78 is 13.2. The van der Waals surface area contributed by atoms with E-state index in [2.05, 4.69) is 12.2 Å². The second-order valence-electron chi connectivity index (χ2n) is 8.73. The second kappa shape index (κ2) is 15.0. The molecular formula is C29H31Cl2FN2O2S. The van der Waals surface area contributed by atoms with Crippen molar-refractivity contribution in [3.05, 3.63) is 105 Å². The van der Waals surface area contributed by atoms with Gasteiger partial charge in [0, 0.05) is 35.3 Å².